The number of rotatable bonds is 4. The molecule has 0 aliphatic carbocycles. The average Bonchev–Trinajstić information content (AvgIpc) is 2.37. The van der Waals surface area contributed by atoms with E-state index in [2.05, 4.69) is 15.9 Å². The van der Waals surface area contributed by atoms with Crippen molar-refractivity contribution in [2.75, 3.05) is 0 Å². The van der Waals surface area contributed by atoms with Gasteiger partial charge in [0.2, 0.25) is 0 Å². The van der Waals surface area contributed by atoms with Crippen molar-refractivity contribution in [2.24, 2.45) is 5.92 Å². The van der Waals surface area contributed by atoms with Crippen LogP contribution in [0.5, 0.6) is 0 Å². The maximum absolute atomic E-state index is 11.8. The zero-order chi connectivity index (χ0) is 13.7. The van der Waals surface area contributed by atoms with Gasteiger partial charge in [-0.05, 0) is 0 Å². The van der Waals surface area contributed by atoms with Crippen LogP contribution in [-0.2, 0) is 16.5 Å². The van der Waals surface area contributed by atoms with E-state index >= 15 is 0 Å². The Morgan fingerprint density at radius 2 is 1.83 bits per heavy atom. The van der Waals surface area contributed by atoms with Gasteiger partial charge in [0.05, 0.1) is 0 Å². The van der Waals surface area contributed by atoms with E-state index in [1.807, 2.05) is 24.3 Å². The molecule has 0 saturated heterocycles. The Morgan fingerprint density at radius 3 is 2.28 bits per heavy atom. The molecule has 0 bridgehead atoms. The summed E-state index contributed by atoms with van der Waals surface area (Å²) in [6.45, 7) is 1.76. The average molecular weight is 504 g/mol. The van der Waals surface area contributed by atoms with Crippen LogP contribution in [0.15, 0.2) is 24.3 Å². The molecule has 0 aliphatic heterocycles. The van der Waals surface area contributed by atoms with E-state index in [0.717, 1.165) is 13.6 Å². The van der Waals surface area contributed by atoms with Gasteiger partial charge in [-0.3, -0.25) is 0 Å². The fourth-order valence-corrected chi connectivity index (χ4v) is 2.90. The molecule has 0 unspecified atom stereocenters. The summed E-state index contributed by atoms with van der Waals surface area (Å²) in [4.78, 5) is 22.5. The second-order valence-corrected chi connectivity index (χ2v) is 6.61. The van der Waals surface area contributed by atoms with Gasteiger partial charge < -0.3 is 0 Å². The predicted octanol–water partition coefficient (Wildman–Crippen LogP) is 2.35. The van der Waals surface area contributed by atoms with Gasteiger partial charge in [-0.25, -0.2) is 0 Å². The number of carbonyl (C=O) groups excluding carboxylic acids is 1. The fourth-order valence-electron chi connectivity index (χ4n) is 1.54. The van der Waals surface area contributed by atoms with Gasteiger partial charge in [0, 0.05) is 0 Å². The molecular weight excluding hydrogens is 490 g/mol. The molecule has 1 atom stereocenters. The number of carbonyl (C=O) groups is 2. The molecule has 0 radical (unpaired) electrons. The molecule has 0 fully saturated rings. The minimum atomic E-state index is -1.15. The van der Waals surface area contributed by atoms with Crippen molar-refractivity contribution in [1.29, 1.82) is 0 Å². The molecule has 0 spiro atoms. The topological polar surface area (TPSA) is 57.6 Å². The van der Waals surface area contributed by atoms with Gasteiger partial charge in [-0.2, -0.15) is 0 Å². The molecule has 1 aromatic rings. The van der Waals surface area contributed by atoms with E-state index in [4.69, 9.17) is 5.11 Å². The summed E-state index contributed by atoms with van der Waals surface area (Å²) < 4.78 is 0.900. The Hall–Kier alpha value is -0.438. The van der Waals surface area contributed by atoms with Crippen LogP contribution in [0.2, 0.25) is 0 Å². The SMILES string of the molecule is C[C@H](Cc1ccc(CBr)cc1)C(=O)[N]([Tl])C(=O)O. The number of hydrogen-bond acceptors (Lipinski definition) is 2. The first kappa shape index (κ1) is 15.6. The molecule has 0 aromatic heterocycles. The summed E-state index contributed by atoms with van der Waals surface area (Å²) in [5.41, 5.74) is 2.22. The summed E-state index contributed by atoms with van der Waals surface area (Å²) in [6, 6.07) is 7.94. The number of hydrogen-bond donors (Lipinski definition) is 1. The Kier molecular flexibility index (Phi) is 6.27. The van der Waals surface area contributed by atoms with Crippen LogP contribution in [0.25, 0.3) is 0 Å². The molecule has 1 rings (SSSR count). The third-order valence-electron chi connectivity index (χ3n) is 2.58. The summed E-state index contributed by atoms with van der Waals surface area (Å²) in [6.07, 6.45) is -0.579. The van der Waals surface area contributed by atoms with Crippen LogP contribution in [-0.4, -0.2) is 45.9 Å². The van der Waals surface area contributed by atoms with Crippen molar-refractivity contribution in [3.63, 3.8) is 0 Å². The van der Waals surface area contributed by atoms with Crippen LogP contribution in [0.4, 0.5) is 4.79 Å². The van der Waals surface area contributed by atoms with Crippen LogP contribution in [0.1, 0.15) is 18.1 Å². The third-order valence-corrected chi connectivity index (χ3v) is 5.08. The molecule has 1 N–H and O–H groups in total. The van der Waals surface area contributed by atoms with Crippen molar-refractivity contribution in [1.82, 2.24) is 2.71 Å². The van der Waals surface area contributed by atoms with Crippen molar-refractivity contribution in [3.8, 4) is 0 Å². The molecule has 18 heavy (non-hydrogen) atoms. The van der Waals surface area contributed by atoms with Gasteiger partial charge in [-0.15, -0.1) is 0 Å². The second kappa shape index (κ2) is 7.22. The maximum atomic E-state index is 11.8. The second-order valence-electron chi connectivity index (χ2n) is 4.05. The first-order valence-electron chi connectivity index (χ1n) is 5.41. The number of carboxylic acid groups (broad SMARTS) is 1. The van der Waals surface area contributed by atoms with Gasteiger partial charge in [-0.1, -0.05) is 0 Å². The molecule has 94 valence electrons. The van der Waals surface area contributed by atoms with Crippen LogP contribution in [0.3, 0.4) is 0 Å². The van der Waals surface area contributed by atoms with Gasteiger partial charge in [0.25, 0.3) is 0 Å². The van der Waals surface area contributed by atoms with E-state index in [1.165, 1.54) is 5.56 Å². The number of alkyl halides is 1. The predicted molar refractivity (Wildman–Crippen MR) is 72.6 cm³/mol. The first-order chi connectivity index (χ1) is 8.45. The van der Waals surface area contributed by atoms with E-state index < -0.39 is 6.09 Å². The number of benzene rings is 1. The van der Waals surface area contributed by atoms with Crippen LogP contribution >= 0.6 is 15.9 Å². The van der Waals surface area contributed by atoms with E-state index in [1.54, 1.807) is 6.92 Å². The zero-order valence-corrected chi connectivity index (χ0v) is 16.0. The summed E-state index contributed by atoms with van der Waals surface area (Å²) in [5.74, 6) is -0.613. The molecule has 0 aliphatic rings. The van der Waals surface area contributed by atoms with E-state index in [-0.39, 0.29) is 37.9 Å². The minimum absolute atomic E-state index is 0.0155. The number of halogens is 1. The monoisotopic (exact) mass is 503 g/mol. The summed E-state index contributed by atoms with van der Waals surface area (Å²) in [7, 11) is 0. The normalized spacial score (nSPS) is 11.8. The van der Waals surface area contributed by atoms with E-state index in [9.17, 15) is 9.59 Å². The first-order valence-corrected chi connectivity index (χ1v) is 8.54. The Labute approximate surface area is 131 Å². The van der Waals surface area contributed by atoms with Crippen molar-refractivity contribution >= 4 is 54.0 Å². The number of nitrogens with zero attached hydrogens (tertiary/aromatic N) is 1. The summed E-state index contributed by atoms with van der Waals surface area (Å²) in [5, 5.41) is 9.58. The third kappa shape index (κ3) is 4.34. The molecule has 0 heterocycles. The van der Waals surface area contributed by atoms with Crippen LogP contribution in [0, 0.1) is 5.92 Å². The molecule has 6 heteroatoms. The molecule has 1 aromatic carbocycles. The van der Waals surface area contributed by atoms with Crippen LogP contribution < -0.4 is 0 Å². The van der Waals surface area contributed by atoms with Gasteiger partial charge in [0.1, 0.15) is 0 Å². The molecule has 2 amide bonds. The molecule has 4 nitrogen and oxygen atoms in total. The van der Waals surface area contributed by atoms with Crippen molar-refractivity contribution in [3.05, 3.63) is 35.4 Å². The van der Waals surface area contributed by atoms with Crippen molar-refractivity contribution < 1.29 is 14.7 Å². The quantitative estimate of drug-likeness (QED) is 0.507. The number of imide groups is 1. The Morgan fingerprint density at radius 1 is 1.33 bits per heavy atom. The fraction of sp³-hybridized carbons (Fsp3) is 0.333. The van der Waals surface area contributed by atoms with Gasteiger partial charge >= 0.3 is 131 Å². The standard InChI is InChI=1S/C12H14BrNO3.Tl/c1-8(11(15)14-12(16)17)6-9-2-4-10(7-13)5-3-9;/h2-5,8H,6-7H2,1H3,(H2,14,15,16,17);/q;+1/p-1/t8-;/m1./s1. The molecular formula is C12H13BrNO3Tl. The Balaban J connectivity index is 2.66. The van der Waals surface area contributed by atoms with E-state index in [0.29, 0.717) is 6.42 Å². The number of amides is 2. The van der Waals surface area contributed by atoms with Gasteiger partial charge in [0.15, 0.2) is 0 Å². The van der Waals surface area contributed by atoms with Crippen molar-refractivity contribution in [2.45, 2.75) is 18.7 Å². The zero-order valence-electron chi connectivity index (χ0n) is 9.97. The Bertz CT molecular complexity index is 435. The molecule has 0 saturated carbocycles. The summed E-state index contributed by atoms with van der Waals surface area (Å²) >= 11 is 3.36.